The SMILES string of the molecule is CN1CCN(C(=O)N2CCC[C@H](c3nccn3CC3CCC3)C2)CC1. The molecular weight excluding hydrogens is 314 g/mol. The smallest absolute Gasteiger partial charge is 0.320 e. The molecule has 1 aromatic heterocycles. The van der Waals surface area contributed by atoms with E-state index in [0.29, 0.717) is 5.92 Å². The fraction of sp³-hybridized carbons (Fsp3) is 0.789. The summed E-state index contributed by atoms with van der Waals surface area (Å²) < 4.78 is 2.36. The standard InChI is InChI=1S/C19H31N5O/c1-21-10-12-22(13-11-21)19(25)24-8-3-6-17(15-24)18-20-7-9-23(18)14-16-4-2-5-16/h7,9,16-17H,2-6,8,10-15H2,1H3/t17-/m0/s1. The second-order valence-corrected chi connectivity index (χ2v) is 8.09. The van der Waals surface area contributed by atoms with E-state index < -0.39 is 0 Å². The van der Waals surface area contributed by atoms with Crippen LogP contribution in [0, 0.1) is 5.92 Å². The van der Waals surface area contributed by atoms with Gasteiger partial charge in [0.2, 0.25) is 0 Å². The van der Waals surface area contributed by atoms with Crippen molar-refractivity contribution < 1.29 is 4.79 Å². The molecular formula is C19H31N5O. The van der Waals surface area contributed by atoms with Gasteiger partial charge in [-0.25, -0.2) is 9.78 Å². The third-order valence-corrected chi connectivity index (χ3v) is 6.26. The maximum Gasteiger partial charge on any atom is 0.320 e. The molecule has 6 nitrogen and oxygen atoms in total. The number of piperidine rings is 1. The molecule has 1 atom stereocenters. The Hall–Kier alpha value is -1.56. The highest BCUT2D eigenvalue weighted by molar-refractivity contribution is 5.74. The molecule has 0 aromatic carbocycles. The number of hydrogen-bond acceptors (Lipinski definition) is 3. The molecule has 0 unspecified atom stereocenters. The average Bonchev–Trinajstić information content (AvgIpc) is 3.07. The van der Waals surface area contributed by atoms with E-state index in [2.05, 4.69) is 32.6 Å². The van der Waals surface area contributed by atoms with Crippen molar-refractivity contribution in [1.82, 2.24) is 24.3 Å². The fourth-order valence-corrected chi connectivity index (χ4v) is 4.35. The van der Waals surface area contributed by atoms with Crippen LogP contribution < -0.4 is 0 Å². The van der Waals surface area contributed by atoms with Crippen molar-refractivity contribution in [1.29, 1.82) is 0 Å². The first kappa shape index (κ1) is 16.9. The highest BCUT2D eigenvalue weighted by Crippen LogP contribution is 2.31. The number of nitrogens with zero attached hydrogens (tertiary/aromatic N) is 5. The van der Waals surface area contributed by atoms with Gasteiger partial charge in [0.25, 0.3) is 0 Å². The van der Waals surface area contributed by atoms with Crippen molar-refractivity contribution in [2.24, 2.45) is 5.92 Å². The van der Waals surface area contributed by atoms with Crippen LogP contribution in [0.5, 0.6) is 0 Å². The van der Waals surface area contributed by atoms with Gasteiger partial charge in [0.15, 0.2) is 0 Å². The maximum absolute atomic E-state index is 12.9. The summed E-state index contributed by atoms with van der Waals surface area (Å²) in [6.45, 7) is 6.50. The summed E-state index contributed by atoms with van der Waals surface area (Å²) in [4.78, 5) is 24.0. The number of piperazine rings is 1. The lowest BCUT2D eigenvalue weighted by Crippen LogP contribution is -2.53. The van der Waals surface area contributed by atoms with E-state index in [9.17, 15) is 4.79 Å². The molecule has 25 heavy (non-hydrogen) atoms. The minimum Gasteiger partial charge on any atom is -0.334 e. The van der Waals surface area contributed by atoms with Gasteiger partial charge < -0.3 is 19.3 Å². The number of aromatic nitrogens is 2. The van der Waals surface area contributed by atoms with Crippen LogP contribution in [0.25, 0.3) is 0 Å². The molecule has 0 bridgehead atoms. The number of urea groups is 1. The molecule has 2 saturated heterocycles. The van der Waals surface area contributed by atoms with Crippen LogP contribution in [0.15, 0.2) is 12.4 Å². The maximum atomic E-state index is 12.9. The molecule has 0 N–H and O–H groups in total. The molecule has 0 spiro atoms. The van der Waals surface area contributed by atoms with E-state index in [1.807, 2.05) is 11.1 Å². The summed E-state index contributed by atoms with van der Waals surface area (Å²) in [6, 6.07) is 0.231. The van der Waals surface area contributed by atoms with Gasteiger partial charge in [0.1, 0.15) is 5.82 Å². The van der Waals surface area contributed by atoms with Gasteiger partial charge in [-0.05, 0) is 38.6 Å². The lowest BCUT2D eigenvalue weighted by Gasteiger charge is -2.39. The third kappa shape index (κ3) is 3.68. The highest BCUT2D eigenvalue weighted by atomic mass is 16.2. The van der Waals surface area contributed by atoms with Gasteiger partial charge in [-0.2, -0.15) is 0 Å². The Morgan fingerprint density at radius 1 is 1.08 bits per heavy atom. The number of amides is 2. The lowest BCUT2D eigenvalue weighted by atomic mass is 9.85. The van der Waals surface area contributed by atoms with Crippen molar-refractivity contribution in [3.05, 3.63) is 18.2 Å². The topological polar surface area (TPSA) is 44.6 Å². The van der Waals surface area contributed by atoms with Crippen LogP contribution in [-0.2, 0) is 6.54 Å². The summed E-state index contributed by atoms with van der Waals surface area (Å²) in [5, 5.41) is 0. The minimum atomic E-state index is 0.231. The van der Waals surface area contributed by atoms with Gasteiger partial charge in [-0.1, -0.05) is 6.42 Å². The first-order valence-electron chi connectivity index (χ1n) is 9.94. The molecule has 6 heteroatoms. The average molecular weight is 345 g/mol. The Labute approximate surface area is 150 Å². The van der Waals surface area contributed by atoms with Crippen LogP contribution in [0.4, 0.5) is 4.79 Å². The summed E-state index contributed by atoms with van der Waals surface area (Å²) in [6.07, 6.45) is 10.4. The van der Waals surface area contributed by atoms with Crippen LogP contribution in [0.3, 0.4) is 0 Å². The number of likely N-dealkylation sites (tertiary alicyclic amines) is 1. The number of carbonyl (C=O) groups excluding carboxylic acids is 1. The zero-order valence-corrected chi connectivity index (χ0v) is 15.4. The summed E-state index contributed by atoms with van der Waals surface area (Å²) in [7, 11) is 2.13. The van der Waals surface area contributed by atoms with Gasteiger partial charge in [-0.15, -0.1) is 0 Å². The Bertz CT molecular complexity index is 588. The van der Waals surface area contributed by atoms with Crippen molar-refractivity contribution in [3.8, 4) is 0 Å². The molecule has 3 fully saturated rings. The molecule has 1 aliphatic carbocycles. The lowest BCUT2D eigenvalue weighted by molar-refractivity contribution is 0.111. The van der Waals surface area contributed by atoms with Crippen LogP contribution in [-0.4, -0.2) is 76.6 Å². The van der Waals surface area contributed by atoms with Crippen molar-refractivity contribution >= 4 is 6.03 Å². The number of likely N-dealkylation sites (N-methyl/N-ethyl adjacent to an activating group) is 1. The summed E-state index contributed by atoms with van der Waals surface area (Å²) >= 11 is 0. The second kappa shape index (κ2) is 7.36. The Morgan fingerprint density at radius 3 is 2.60 bits per heavy atom. The van der Waals surface area contributed by atoms with Gasteiger partial charge >= 0.3 is 6.03 Å². The molecule has 3 heterocycles. The molecule has 4 rings (SSSR count). The van der Waals surface area contributed by atoms with E-state index in [0.717, 1.165) is 64.6 Å². The zero-order valence-electron chi connectivity index (χ0n) is 15.4. The van der Waals surface area contributed by atoms with Crippen molar-refractivity contribution in [2.45, 2.75) is 44.6 Å². The molecule has 2 aliphatic heterocycles. The molecule has 3 aliphatic rings. The van der Waals surface area contributed by atoms with Crippen molar-refractivity contribution in [3.63, 3.8) is 0 Å². The number of hydrogen-bond donors (Lipinski definition) is 0. The first-order valence-corrected chi connectivity index (χ1v) is 9.94. The Balaban J connectivity index is 1.39. The van der Waals surface area contributed by atoms with E-state index in [4.69, 9.17) is 0 Å². The monoisotopic (exact) mass is 345 g/mol. The molecule has 2 amide bonds. The number of imidazole rings is 1. The number of rotatable bonds is 3. The van der Waals surface area contributed by atoms with E-state index in [-0.39, 0.29) is 6.03 Å². The van der Waals surface area contributed by atoms with Crippen LogP contribution in [0.2, 0.25) is 0 Å². The van der Waals surface area contributed by atoms with Crippen LogP contribution in [0.1, 0.15) is 43.8 Å². The van der Waals surface area contributed by atoms with E-state index in [1.165, 1.54) is 25.1 Å². The van der Waals surface area contributed by atoms with Gasteiger partial charge in [0, 0.05) is 64.1 Å². The molecule has 138 valence electrons. The molecule has 1 saturated carbocycles. The van der Waals surface area contributed by atoms with Gasteiger partial charge in [-0.3, -0.25) is 0 Å². The summed E-state index contributed by atoms with van der Waals surface area (Å²) in [5.74, 6) is 2.42. The molecule has 1 aromatic rings. The largest absolute Gasteiger partial charge is 0.334 e. The predicted octanol–water partition coefficient (Wildman–Crippen LogP) is 2.23. The van der Waals surface area contributed by atoms with Gasteiger partial charge in [0.05, 0.1) is 0 Å². The minimum absolute atomic E-state index is 0.231. The van der Waals surface area contributed by atoms with E-state index in [1.54, 1.807) is 0 Å². The van der Waals surface area contributed by atoms with Crippen LogP contribution >= 0.6 is 0 Å². The highest BCUT2D eigenvalue weighted by Gasteiger charge is 2.31. The third-order valence-electron chi connectivity index (χ3n) is 6.26. The second-order valence-electron chi connectivity index (χ2n) is 8.09. The Morgan fingerprint density at radius 2 is 1.88 bits per heavy atom. The fourth-order valence-electron chi connectivity index (χ4n) is 4.35. The Kier molecular flexibility index (Phi) is 4.97. The first-order chi connectivity index (χ1) is 12.2. The number of carbonyl (C=O) groups is 1. The normalized spacial score (nSPS) is 25.9. The zero-order chi connectivity index (χ0) is 17.2. The van der Waals surface area contributed by atoms with E-state index >= 15 is 0 Å². The quantitative estimate of drug-likeness (QED) is 0.844. The van der Waals surface area contributed by atoms with Crippen molar-refractivity contribution in [2.75, 3.05) is 46.3 Å². The molecule has 0 radical (unpaired) electrons. The predicted molar refractivity (Wildman–Crippen MR) is 97.6 cm³/mol. The summed E-state index contributed by atoms with van der Waals surface area (Å²) in [5.41, 5.74) is 0.